The molecule has 10 fully saturated rings. The highest BCUT2D eigenvalue weighted by Crippen LogP contribution is 2.70. The maximum absolute atomic E-state index is 1.70. The van der Waals surface area contributed by atoms with Crippen LogP contribution in [-0.2, 0) is 0 Å². The number of hydrogen-bond donors (Lipinski definition) is 0. The lowest BCUT2D eigenvalue weighted by Crippen LogP contribution is -2.60. The molecular weight excluding hydrogens is 625 g/mol. The van der Waals surface area contributed by atoms with E-state index in [1.807, 2.05) is 0 Å². The van der Waals surface area contributed by atoms with E-state index in [1.54, 1.807) is 218 Å². The van der Waals surface area contributed by atoms with Gasteiger partial charge in [0.2, 0.25) is 0 Å². The van der Waals surface area contributed by atoms with Gasteiger partial charge in [0.15, 0.2) is 0 Å². The van der Waals surface area contributed by atoms with Gasteiger partial charge in [0, 0.05) is 0 Å². The van der Waals surface area contributed by atoms with Crippen molar-refractivity contribution in [1.82, 2.24) is 0 Å². The van der Waals surface area contributed by atoms with Crippen LogP contribution in [-0.4, -0.2) is 0 Å². The molecule has 0 aromatic heterocycles. The molecule has 0 radical (unpaired) electrons. The Morgan fingerprint density at radius 2 is 0.365 bits per heavy atom. The fraction of sp³-hybridized carbons (Fsp3) is 1.00. The van der Waals surface area contributed by atoms with Crippen LogP contribution in [0.2, 0.25) is 0 Å². The molecule has 0 heteroatoms. The van der Waals surface area contributed by atoms with E-state index in [9.17, 15) is 0 Å². The van der Waals surface area contributed by atoms with Gasteiger partial charge in [-0.1, -0.05) is 180 Å². The predicted octanol–water partition coefficient (Wildman–Crippen LogP) is 15.5. The van der Waals surface area contributed by atoms with Crippen molar-refractivity contribution in [1.29, 1.82) is 0 Å². The zero-order valence-corrected chi connectivity index (χ0v) is 34.4. The SMILES string of the molecule is C1CCC(C2C(C3CCCCC3)C(C3CCCCC3)C(C3CCC4C5CCCCC5C5CCCC3C54)C(C3CCCCC3)C2C2CCCCC2)CC1. The molecule has 0 aromatic carbocycles. The zero-order chi connectivity index (χ0) is 34.4. The van der Waals surface area contributed by atoms with Crippen LogP contribution in [0, 0.1) is 107 Å². The van der Waals surface area contributed by atoms with Crippen molar-refractivity contribution in [2.45, 2.75) is 218 Å². The van der Waals surface area contributed by atoms with Crippen molar-refractivity contribution in [3.05, 3.63) is 0 Å². The molecule has 10 aliphatic rings. The smallest absolute Gasteiger partial charge is 0.0315 e. The molecule has 0 aromatic rings. The molecule has 10 aliphatic carbocycles. The van der Waals surface area contributed by atoms with Gasteiger partial charge >= 0.3 is 0 Å². The van der Waals surface area contributed by atoms with Crippen LogP contribution >= 0.6 is 0 Å². The van der Waals surface area contributed by atoms with Gasteiger partial charge in [-0.2, -0.15) is 0 Å². The summed E-state index contributed by atoms with van der Waals surface area (Å²) in [5, 5.41) is 0. The van der Waals surface area contributed by atoms with E-state index in [4.69, 9.17) is 0 Å². The molecule has 294 valence electrons. The van der Waals surface area contributed by atoms with Crippen molar-refractivity contribution in [3.63, 3.8) is 0 Å². The quantitative estimate of drug-likeness (QED) is 0.257. The molecule has 0 aliphatic heterocycles. The van der Waals surface area contributed by atoms with Crippen LogP contribution in [0.4, 0.5) is 0 Å². The molecule has 0 saturated heterocycles. The number of rotatable bonds is 6. The van der Waals surface area contributed by atoms with E-state index in [0.717, 1.165) is 107 Å². The van der Waals surface area contributed by atoms with E-state index in [1.165, 1.54) is 0 Å². The van der Waals surface area contributed by atoms with Crippen LogP contribution in [0.3, 0.4) is 0 Å². The zero-order valence-electron chi connectivity index (χ0n) is 34.4. The van der Waals surface area contributed by atoms with Gasteiger partial charge < -0.3 is 0 Å². The van der Waals surface area contributed by atoms with Crippen molar-refractivity contribution >= 4 is 0 Å². The summed E-state index contributed by atoms with van der Waals surface area (Å²) in [7, 11) is 0. The van der Waals surface area contributed by atoms with Crippen molar-refractivity contribution in [3.8, 4) is 0 Å². The Bertz CT molecular complexity index is 1040. The lowest BCUT2D eigenvalue weighted by atomic mass is 9.39. The van der Waals surface area contributed by atoms with Crippen LogP contribution in [0.1, 0.15) is 218 Å². The van der Waals surface area contributed by atoms with E-state index >= 15 is 0 Å². The highest BCUT2D eigenvalue weighted by molar-refractivity contribution is 5.12. The van der Waals surface area contributed by atoms with E-state index < -0.39 is 0 Å². The topological polar surface area (TPSA) is 0 Å². The fourth-order valence-corrected chi connectivity index (χ4v) is 19.8. The largest absolute Gasteiger partial charge is 0.0533 e. The molecule has 10 saturated carbocycles. The Hall–Kier alpha value is 0. The van der Waals surface area contributed by atoms with Gasteiger partial charge in [-0.15, -0.1) is 0 Å². The molecule has 11 unspecified atom stereocenters. The summed E-state index contributed by atoms with van der Waals surface area (Å²) in [5.41, 5.74) is 0. The third-order valence-electron chi connectivity index (χ3n) is 21.0. The monoisotopic (exact) mass is 711 g/mol. The van der Waals surface area contributed by atoms with Crippen LogP contribution < -0.4 is 0 Å². The molecule has 0 amide bonds. The van der Waals surface area contributed by atoms with Crippen LogP contribution in [0.15, 0.2) is 0 Å². The first-order chi connectivity index (χ1) is 25.9. The first-order valence-corrected chi connectivity index (χ1v) is 25.9. The first-order valence-electron chi connectivity index (χ1n) is 25.9. The lowest BCUT2D eigenvalue weighted by Gasteiger charge is -2.66. The Labute approximate surface area is 323 Å². The molecule has 0 heterocycles. The van der Waals surface area contributed by atoms with Gasteiger partial charge in [-0.05, 0) is 145 Å². The van der Waals surface area contributed by atoms with Crippen molar-refractivity contribution < 1.29 is 0 Å². The fourth-order valence-electron chi connectivity index (χ4n) is 19.8. The molecule has 0 nitrogen and oxygen atoms in total. The van der Waals surface area contributed by atoms with Crippen molar-refractivity contribution in [2.75, 3.05) is 0 Å². The summed E-state index contributed by atoms with van der Waals surface area (Å²) >= 11 is 0. The Balaban J connectivity index is 1.13. The Morgan fingerprint density at radius 1 is 0.135 bits per heavy atom. The minimum Gasteiger partial charge on any atom is -0.0533 e. The minimum atomic E-state index is 1.10. The molecule has 10 rings (SSSR count). The van der Waals surface area contributed by atoms with Gasteiger partial charge in [-0.3, -0.25) is 0 Å². The molecule has 11 atom stereocenters. The standard InChI is InChI=1S/C52H86/c1-6-19-35(20-7-1)46-47(36-21-8-2-9-22-36)49(38-25-12-4-13-26-38)52(50(39-27-14-5-15-28-39)48(46)37-23-10-3-11-24-37)45-34-33-44-41-30-17-16-29-40(41)42-31-18-32-43(45)51(42)44/h35-52H,1-34H2. The predicted molar refractivity (Wildman–Crippen MR) is 220 cm³/mol. The summed E-state index contributed by atoms with van der Waals surface area (Å²) in [5.74, 6) is 20.2. The summed E-state index contributed by atoms with van der Waals surface area (Å²) in [6.45, 7) is 0. The van der Waals surface area contributed by atoms with E-state index in [-0.39, 0.29) is 0 Å². The van der Waals surface area contributed by atoms with Crippen LogP contribution in [0.5, 0.6) is 0 Å². The lowest BCUT2D eigenvalue weighted by molar-refractivity contribution is -0.179. The van der Waals surface area contributed by atoms with Gasteiger partial charge in [0.1, 0.15) is 0 Å². The number of hydrogen-bond acceptors (Lipinski definition) is 0. The summed E-state index contributed by atoms with van der Waals surface area (Å²) < 4.78 is 0. The second-order valence-corrected chi connectivity index (χ2v) is 22.8. The minimum absolute atomic E-state index is 1.10. The molecule has 0 bridgehead atoms. The van der Waals surface area contributed by atoms with Crippen LogP contribution in [0.25, 0.3) is 0 Å². The summed E-state index contributed by atoms with van der Waals surface area (Å²) in [6, 6.07) is 0. The van der Waals surface area contributed by atoms with Gasteiger partial charge in [0.05, 0.1) is 0 Å². The van der Waals surface area contributed by atoms with Gasteiger partial charge in [0.25, 0.3) is 0 Å². The van der Waals surface area contributed by atoms with Crippen molar-refractivity contribution in [2.24, 2.45) is 107 Å². The van der Waals surface area contributed by atoms with E-state index in [2.05, 4.69) is 0 Å². The second kappa shape index (κ2) is 16.5. The first kappa shape index (κ1) is 36.3. The molecular formula is C52H86. The molecule has 0 spiro atoms. The van der Waals surface area contributed by atoms with Gasteiger partial charge in [-0.25, -0.2) is 0 Å². The summed E-state index contributed by atoms with van der Waals surface area (Å²) in [6.07, 6.45) is 54.8. The highest BCUT2D eigenvalue weighted by atomic mass is 14.7. The highest BCUT2D eigenvalue weighted by Gasteiger charge is 2.64. The third kappa shape index (κ3) is 6.69. The third-order valence-corrected chi connectivity index (χ3v) is 21.0. The molecule has 52 heavy (non-hydrogen) atoms. The maximum Gasteiger partial charge on any atom is -0.0315 e. The Morgan fingerprint density at radius 3 is 0.712 bits per heavy atom. The number of fused-ring (bicyclic) bond motifs is 3. The second-order valence-electron chi connectivity index (χ2n) is 22.8. The van der Waals surface area contributed by atoms with E-state index in [0.29, 0.717) is 0 Å². The molecule has 0 N–H and O–H groups in total. The maximum atomic E-state index is 1.70. The average Bonchev–Trinajstić information content (AvgIpc) is 3.56. The average molecular weight is 711 g/mol. The normalized spacial score (nSPS) is 47.9. The Kier molecular flexibility index (Phi) is 11.5. The summed E-state index contributed by atoms with van der Waals surface area (Å²) in [4.78, 5) is 0.